The maximum absolute atomic E-state index is 12.0. The van der Waals surface area contributed by atoms with Gasteiger partial charge in [-0.05, 0) is 57.8 Å². The normalized spacial score (nSPS) is 13.1. The molecule has 1 N–H and O–H groups in total. The number of carbonyl (C=O) groups is 1. The molecule has 0 fully saturated rings. The van der Waals surface area contributed by atoms with Crippen molar-refractivity contribution in [3.8, 4) is 0 Å². The van der Waals surface area contributed by atoms with Crippen molar-refractivity contribution in [2.45, 2.75) is 168 Å². The number of ether oxygens (including phenoxy) is 2. The van der Waals surface area contributed by atoms with Crippen LogP contribution in [0.2, 0.25) is 0 Å². The van der Waals surface area contributed by atoms with Gasteiger partial charge in [-0.15, -0.1) is 0 Å². The van der Waals surface area contributed by atoms with E-state index < -0.39 is 6.10 Å². The van der Waals surface area contributed by atoms with Gasteiger partial charge in [0.1, 0.15) is 6.10 Å². The summed E-state index contributed by atoms with van der Waals surface area (Å²) in [4.78, 5) is 12.0. The van der Waals surface area contributed by atoms with E-state index in [1.807, 2.05) is 0 Å². The molecule has 0 aromatic rings. The van der Waals surface area contributed by atoms with E-state index in [2.05, 4.69) is 74.6 Å². The fourth-order valence-electron chi connectivity index (χ4n) is 4.88. The van der Waals surface area contributed by atoms with E-state index in [4.69, 9.17) is 9.47 Å². The van der Waals surface area contributed by atoms with Crippen LogP contribution in [0.1, 0.15) is 162 Å². The Labute approximate surface area is 273 Å². The van der Waals surface area contributed by atoms with Crippen LogP contribution in [0.4, 0.5) is 0 Å². The van der Waals surface area contributed by atoms with Gasteiger partial charge in [-0.25, -0.2) is 0 Å². The summed E-state index contributed by atoms with van der Waals surface area (Å²) in [6.07, 6.45) is 48.6. The summed E-state index contributed by atoms with van der Waals surface area (Å²) in [5, 5.41) is 9.48. The number of hydrogen-bond acceptors (Lipinski definition) is 4. The summed E-state index contributed by atoms with van der Waals surface area (Å²) >= 11 is 0. The Morgan fingerprint density at radius 2 is 1.02 bits per heavy atom. The molecule has 4 nitrogen and oxygen atoms in total. The number of unbranched alkanes of at least 4 members (excludes halogenated alkanes) is 15. The molecule has 254 valence electrons. The molecule has 0 radical (unpaired) electrons. The molecule has 1 atom stereocenters. The summed E-state index contributed by atoms with van der Waals surface area (Å²) in [5.74, 6) is -0.214. The van der Waals surface area contributed by atoms with Gasteiger partial charge in [0.25, 0.3) is 0 Å². The molecule has 0 aromatic heterocycles. The molecule has 0 aliphatic carbocycles. The fraction of sp³-hybridized carbons (Fsp3) is 0.725. The minimum absolute atomic E-state index is 0.175. The maximum Gasteiger partial charge on any atom is 0.306 e. The third-order valence-electron chi connectivity index (χ3n) is 7.61. The molecule has 0 amide bonds. The standard InChI is InChI=1S/C40H70O4/c1-3-5-7-9-11-12-13-14-15-16-17-18-19-20-21-22-23-24-25-26-27-28-29-30-32-34-36-43-38-39(37-41)44-40(42)35-33-31-10-8-6-4-2/h5,7,11-12,14-15,17-18,20-21,39,41H,3-4,6,8-10,13,16,19,22-38H2,1-2H3/b7-5-,12-11-,15-14-,18-17-,21-20-. The number of carbonyl (C=O) groups excluding carboxylic acids is 1. The van der Waals surface area contributed by atoms with Gasteiger partial charge in [-0.1, -0.05) is 158 Å². The molecule has 0 heterocycles. The highest BCUT2D eigenvalue weighted by Gasteiger charge is 2.13. The first-order valence-electron chi connectivity index (χ1n) is 18.4. The van der Waals surface area contributed by atoms with Crippen LogP contribution in [0.3, 0.4) is 0 Å². The Kier molecular flexibility index (Phi) is 35.7. The number of aliphatic hydroxyl groups is 1. The third kappa shape index (κ3) is 34.6. The SMILES string of the molecule is CC/C=C\C/C=C\C/C=C\C/C=C\C/C=C\CCCCCCCCCCCCOCC(CO)OC(=O)CCCCCCCC. The van der Waals surface area contributed by atoms with E-state index in [9.17, 15) is 9.90 Å². The topological polar surface area (TPSA) is 55.8 Å². The lowest BCUT2D eigenvalue weighted by Crippen LogP contribution is -2.27. The molecular weight excluding hydrogens is 544 g/mol. The first-order valence-corrected chi connectivity index (χ1v) is 18.4. The number of aliphatic hydroxyl groups excluding tert-OH is 1. The molecule has 0 bridgehead atoms. The first kappa shape index (κ1) is 42.1. The van der Waals surface area contributed by atoms with Crippen molar-refractivity contribution >= 4 is 5.97 Å². The van der Waals surface area contributed by atoms with Gasteiger partial charge in [0.15, 0.2) is 0 Å². The van der Waals surface area contributed by atoms with Gasteiger partial charge in [0.05, 0.1) is 13.2 Å². The Morgan fingerprint density at radius 1 is 0.568 bits per heavy atom. The molecule has 4 heteroatoms. The van der Waals surface area contributed by atoms with Crippen molar-refractivity contribution in [2.24, 2.45) is 0 Å². The quantitative estimate of drug-likeness (QED) is 0.0454. The summed E-state index contributed by atoms with van der Waals surface area (Å²) in [6.45, 7) is 5.15. The van der Waals surface area contributed by atoms with Crippen LogP contribution in [0, 0.1) is 0 Å². The van der Waals surface area contributed by atoms with Gasteiger partial charge in [0.2, 0.25) is 0 Å². The summed E-state index contributed by atoms with van der Waals surface area (Å²) in [5.41, 5.74) is 0. The zero-order valence-corrected chi connectivity index (χ0v) is 28.9. The van der Waals surface area contributed by atoms with Gasteiger partial charge in [-0.3, -0.25) is 4.79 Å². The molecule has 44 heavy (non-hydrogen) atoms. The Morgan fingerprint density at radius 3 is 1.55 bits per heavy atom. The summed E-state index contributed by atoms with van der Waals surface area (Å²) in [6, 6.07) is 0. The van der Waals surface area contributed by atoms with Crippen molar-refractivity contribution in [3.05, 3.63) is 60.8 Å². The highest BCUT2D eigenvalue weighted by molar-refractivity contribution is 5.69. The second-order valence-electron chi connectivity index (χ2n) is 11.9. The van der Waals surface area contributed by atoms with E-state index >= 15 is 0 Å². The zero-order chi connectivity index (χ0) is 32.0. The van der Waals surface area contributed by atoms with Crippen LogP contribution < -0.4 is 0 Å². The smallest absolute Gasteiger partial charge is 0.306 e. The average molecular weight is 615 g/mol. The maximum atomic E-state index is 12.0. The zero-order valence-electron chi connectivity index (χ0n) is 28.9. The van der Waals surface area contributed by atoms with E-state index in [-0.39, 0.29) is 12.6 Å². The van der Waals surface area contributed by atoms with E-state index in [0.29, 0.717) is 19.6 Å². The van der Waals surface area contributed by atoms with Gasteiger partial charge < -0.3 is 14.6 Å². The van der Waals surface area contributed by atoms with Crippen LogP contribution in [0.15, 0.2) is 60.8 Å². The fourth-order valence-corrected chi connectivity index (χ4v) is 4.88. The molecule has 0 rings (SSSR count). The minimum Gasteiger partial charge on any atom is -0.457 e. The Bertz CT molecular complexity index is 734. The van der Waals surface area contributed by atoms with Crippen molar-refractivity contribution in [2.75, 3.05) is 19.8 Å². The Hall–Kier alpha value is -1.91. The van der Waals surface area contributed by atoms with Crippen LogP contribution in [0.25, 0.3) is 0 Å². The molecule has 0 spiro atoms. The van der Waals surface area contributed by atoms with Crippen LogP contribution in [0.5, 0.6) is 0 Å². The second-order valence-corrected chi connectivity index (χ2v) is 11.9. The third-order valence-corrected chi connectivity index (χ3v) is 7.61. The highest BCUT2D eigenvalue weighted by Crippen LogP contribution is 2.12. The van der Waals surface area contributed by atoms with Gasteiger partial charge >= 0.3 is 5.97 Å². The van der Waals surface area contributed by atoms with Crippen molar-refractivity contribution in [1.82, 2.24) is 0 Å². The molecule has 0 aliphatic rings. The molecule has 1 unspecified atom stereocenters. The molecular formula is C40H70O4. The van der Waals surface area contributed by atoms with E-state index in [1.54, 1.807) is 0 Å². The van der Waals surface area contributed by atoms with E-state index in [0.717, 1.165) is 51.4 Å². The van der Waals surface area contributed by atoms with E-state index in [1.165, 1.54) is 89.9 Å². The molecule has 0 saturated carbocycles. The molecule has 0 saturated heterocycles. The van der Waals surface area contributed by atoms with Crippen LogP contribution in [-0.2, 0) is 14.3 Å². The van der Waals surface area contributed by atoms with Crippen molar-refractivity contribution in [3.63, 3.8) is 0 Å². The highest BCUT2D eigenvalue weighted by atomic mass is 16.6. The molecule has 0 aliphatic heterocycles. The lowest BCUT2D eigenvalue weighted by atomic mass is 10.1. The molecule has 0 aromatic carbocycles. The number of esters is 1. The second kappa shape index (κ2) is 37.3. The summed E-state index contributed by atoms with van der Waals surface area (Å²) < 4.78 is 11.0. The number of allylic oxidation sites excluding steroid dienone is 10. The van der Waals surface area contributed by atoms with Gasteiger partial charge in [0, 0.05) is 13.0 Å². The largest absolute Gasteiger partial charge is 0.457 e. The lowest BCUT2D eigenvalue weighted by Gasteiger charge is -2.15. The van der Waals surface area contributed by atoms with Gasteiger partial charge in [-0.2, -0.15) is 0 Å². The number of hydrogen-bond donors (Lipinski definition) is 1. The predicted molar refractivity (Wildman–Crippen MR) is 191 cm³/mol. The summed E-state index contributed by atoms with van der Waals surface area (Å²) in [7, 11) is 0. The average Bonchev–Trinajstić information content (AvgIpc) is 3.03. The predicted octanol–water partition coefficient (Wildman–Crippen LogP) is 11.7. The van der Waals surface area contributed by atoms with Crippen molar-refractivity contribution < 1.29 is 19.4 Å². The van der Waals surface area contributed by atoms with Crippen molar-refractivity contribution in [1.29, 1.82) is 0 Å². The first-order chi connectivity index (χ1) is 21.7. The van der Waals surface area contributed by atoms with Crippen LogP contribution >= 0.6 is 0 Å². The Balaban J connectivity index is 3.42. The number of rotatable bonds is 33. The minimum atomic E-state index is -0.533. The monoisotopic (exact) mass is 615 g/mol. The van der Waals surface area contributed by atoms with Crippen LogP contribution in [-0.4, -0.2) is 37.0 Å². The lowest BCUT2D eigenvalue weighted by molar-refractivity contribution is -0.154.